The zero-order chi connectivity index (χ0) is 13.0. The highest BCUT2D eigenvalue weighted by atomic mass is 14.9. The fourth-order valence-corrected chi connectivity index (χ4v) is 2.08. The highest BCUT2D eigenvalue weighted by Gasteiger charge is 2.04. The minimum Gasteiger partial charge on any atom is -0.311 e. The number of nitrogens with one attached hydrogen (secondary N) is 1. The molecule has 1 N–H and O–H groups in total. The van der Waals surface area contributed by atoms with Crippen molar-refractivity contribution in [2.24, 2.45) is 0 Å². The summed E-state index contributed by atoms with van der Waals surface area (Å²) in [4.78, 5) is 4.39. The molecule has 0 aliphatic carbocycles. The quantitative estimate of drug-likeness (QED) is 0.882. The van der Waals surface area contributed by atoms with Crippen LogP contribution >= 0.6 is 0 Å². The van der Waals surface area contributed by atoms with Crippen LogP contribution in [-0.2, 0) is 0 Å². The first-order valence-corrected chi connectivity index (χ1v) is 6.47. The van der Waals surface area contributed by atoms with Crippen LogP contribution in [0.3, 0.4) is 0 Å². The van der Waals surface area contributed by atoms with Crippen LogP contribution in [-0.4, -0.2) is 17.6 Å². The summed E-state index contributed by atoms with van der Waals surface area (Å²) < 4.78 is 0. The van der Waals surface area contributed by atoms with Crippen molar-refractivity contribution in [1.29, 1.82) is 0 Å². The van der Waals surface area contributed by atoms with Gasteiger partial charge in [0, 0.05) is 17.6 Å². The van der Waals surface area contributed by atoms with Crippen molar-refractivity contribution in [3.63, 3.8) is 0 Å². The first kappa shape index (κ1) is 12.8. The predicted octanol–water partition coefficient (Wildman–Crippen LogP) is 3.64. The average Bonchev–Trinajstić information content (AvgIpc) is 2.39. The summed E-state index contributed by atoms with van der Waals surface area (Å²) in [5.74, 6) is 0. The topological polar surface area (TPSA) is 24.9 Å². The summed E-state index contributed by atoms with van der Waals surface area (Å²) in [5.41, 5.74) is 3.63. The Labute approximate surface area is 109 Å². The van der Waals surface area contributed by atoms with Gasteiger partial charge in [-0.3, -0.25) is 4.98 Å². The monoisotopic (exact) mass is 240 g/mol. The van der Waals surface area contributed by atoms with E-state index < -0.39 is 0 Å². The second kappa shape index (κ2) is 5.78. The third-order valence-electron chi connectivity index (χ3n) is 3.26. The van der Waals surface area contributed by atoms with Gasteiger partial charge in [-0.05, 0) is 38.1 Å². The number of aromatic nitrogens is 1. The van der Waals surface area contributed by atoms with E-state index in [9.17, 15) is 0 Å². The first-order valence-electron chi connectivity index (χ1n) is 6.47. The van der Waals surface area contributed by atoms with Gasteiger partial charge < -0.3 is 5.32 Å². The number of para-hydroxylation sites is 1. The Morgan fingerprint density at radius 1 is 1.33 bits per heavy atom. The molecule has 0 saturated heterocycles. The Hall–Kier alpha value is -1.67. The van der Waals surface area contributed by atoms with Gasteiger partial charge in [-0.1, -0.05) is 36.8 Å². The van der Waals surface area contributed by atoms with Crippen molar-refractivity contribution in [3.8, 4) is 0 Å². The molecule has 1 atom stereocenters. The van der Waals surface area contributed by atoms with Crippen molar-refractivity contribution < 1.29 is 0 Å². The summed E-state index contributed by atoms with van der Waals surface area (Å²) in [6, 6.07) is 10.7. The number of rotatable bonds is 4. The summed E-state index contributed by atoms with van der Waals surface area (Å²) in [7, 11) is 0. The molecule has 0 amide bonds. The molecular weight excluding hydrogens is 220 g/mol. The van der Waals surface area contributed by atoms with E-state index >= 15 is 0 Å². The van der Waals surface area contributed by atoms with Crippen molar-refractivity contribution >= 4 is 17.0 Å². The highest BCUT2D eigenvalue weighted by Crippen LogP contribution is 2.19. The van der Waals surface area contributed by atoms with Gasteiger partial charge in [0.15, 0.2) is 0 Å². The Morgan fingerprint density at radius 3 is 2.89 bits per heavy atom. The molecule has 18 heavy (non-hydrogen) atoms. The Morgan fingerprint density at radius 2 is 2.11 bits per heavy atom. The molecule has 0 bridgehead atoms. The molecule has 0 fully saturated rings. The molecule has 2 rings (SSSR count). The summed E-state index contributed by atoms with van der Waals surface area (Å²) in [6.07, 6.45) is 4.12. The molecule has 0 aliphatic rings. The Bertz CT molecular complexity index is 553. The highest BCUT2D eigenvalue weighted by molar-refractivity contribution is 5.87. The molecule has 0 radical (unpaired) electrons. The maximum Gasteiger partial charge on any atom is 0.0707 e. The van der Waals surface area contributed by atoms with E-state index in [0.29, 0.717) is 6.04 Å². The third-order valence-corrected chi connectivity index (χ3v) is 3.26. The number of hydrogen-bond donors (Lipinski definition) is 1. The van der Waals surface area contributed by atoms with E-state index in [1.165, 1.54) is 16.5 Å². The molecule has 2 nitrogen and oxygen atoms in total. The number of nitrogens with zero attached hydrogens (tertiary/aromatic N) is 1. The lowest BCUT2D eigenvalue weighted by Crippen LogP contribution is -2.26. The van der Waals surface area contributed by atoms with Crippen molar-refractivity contribution in [2.45, 2.75) is 26.8 Å². The van der Waals surface area contributed by atoms with Gasteiger partial charge in [0.1, 0.15) is 0 Å². The predicted molar refractivity (Wildman–Crippen MR) is 78.5 cm³/mol. The number of benzene rings is 1. The minimum absolute atomic E-state index is 0.405. The van der Waals surface area contributed by atoms with Crippen LogP contribution in [0.15, 0.2) is 42.1 Å². The molecule has 2 heteroatoms. The van der Waals surface area contributed by atoms with Crippen molar-refractivity contribution in [2.75, 3.05) is 6.54 Å². The van der Waals surface area contributed by atoms with E-state index in [-0.39, 0.29) is 0 Å². The van der Waals surface area contributed by atoms with Crippen LogP contribution in [0.5, 0.6) is 0 Å². The molecule has 1 aromatic carbocycles. The minimum atomic E-state index is 0.405. The van der Waals surface area contributed by atoms with Gasteiger partial charge in [0.2, 0.25) is 0 Å². The molecule has 1 heterocycles. The SMILES string of the molecule is CCNC(C)/C(C)=C/c1ccnc2ccccc12. The van der Waals surface area contributed by atoms with Crippen LogP contribution in [0.4, 0.5) is 0 Å². The average molecular weight is 240 g/mol. The lowest BCUT2D eigenvalue weighted by molar-refractivity contribution is 0.636. The summed E-state index contributed by atoms with van der Waals surface area (Å²) >= 11 is 0. The van der Waals surface area contributed by atoms with Gasteiger partial charge in [0.05, 0.1) is 5.52 Å². The number of fused-ring (bicyclic) bond motifs is 1. The van der Waals surface area contributed by atoms with Crippen molar-refractivity contribution in [3.05, 3.63) is 47.7 Å². The molecule has 2 aromatic rings. The fraction of sp³-hybridized carbons (Fsp3) is 0.312. The number of hydrogen-bond acceptors (Lipinski definition) is 2. The molecular formula is C16H20N2. The van der Waals surface area contributed by atoms with Crippen LogP contribution in [0.25, 0.3) is 17.0 Å². The lowest BCUT2D eigenvalue weighted by Gasteiger charge is -2.13. The van der Waals surface area contributed by atoms with E-state index in [1.807, 2.05) is 12.3 Å². The van der Waals surface area contributed by atoms with Crippen LogP contribution in [0.2, 0.25) is 0 Å². The van der Waals surface area contributed by atoms with Crippen molar-refractivity contribution in [1.82, 2.24) is 10.3 Å². The zero-order valence-electron chi connectivity index (χ0n) is 11.3. The van der Waals surface area contributed by atoms with E-state index in [1.54, 1.807) is 0 Å². The van der Waals surface area contributed by atoms with E-state index in [0.717, 1.165) is 12.1 Å². The number of likely N-dealkylation sites (N-methyl/N-ethyl adjacent to an activating group) is 1. The molecule has 94 valence electrons. The number of pyridine rings is 1. The second-order valence-corrected chi connectivity index (χ2v) is 4.59. The Balaban J connectivity index is 2.39. The second-order valence-electron chi connectivity index (χ2n) is 4.59. The molecule has 1 unspecified atom stereocenters. The maximum atomic E-state index is 4.39. The Kier molecular flexibility index (Phi) is 4.11. The van der Waals surface area contributed by atoms with E-state index in [4.69, 9.17) is 0 Å². The molecule has 0 aliphatic heterocycles. The van der Waals surface area contributed by atoms with Gasteiger partial charge in [-0.15, -0.1) is 0 Å². The molecule has 0 spiro atoms. The van der Waals surface area contributed by atoms with Crippen LogP contribution < -0.4 is 5.32 Å². The van der Waals surface area contributed by atoms with Gasteiger partial charge >= 0.3 is 0 Å². The van der Waals surface area contributed by atoms with Crippen LogP contribution in [0.1, 0.15) is 26.3 Å². The fourth-order valence-electron chi connectivity index (χ4n) is 2.08. The zero-order valence-corrected chi connectivity index (χ0v) is 11.3. The molecule has 0 saturated carbocycles. The van der Waals surface area contributed by atoms with Gasteiger partial charge in [0.25, 0.3) is 0 Å². The largest absolute Gasteiger partial charge is 0.311 e. The van der Waals surface area contributed by atoms with Crippen LogP contribution in [0, 0.1) is 0 Å². The van der Waals surface area contributed by atoms with E-state index in [2.05, 4.69) is 61.4 Å². The lowest BCUT2D eigenvalue weighted by atomic mass is 10.0. The summed E-state index contributed by atoms with van der Waals surface area (Å²) in [5, 5.41) is 4.64. The summed E-state index contributed by atoms with van der Waals surface area (Å²) in [6.45, 7) is 7.48. The maximum absolute atomic E-state index is 4.39. The first-order chi connectivity index (χ1) is 8.72. The van der Waals surface area contributed by atoms with Gasteiger partial charge in [-0.25, -0.2) is 0 Å². The van der Waals surface area contributed by atoms with Gasteiger partial charge in [-0.2, -0.15) is 0 Å². The smallest absolute Gasteiger partial charge is 0.0707 e. The normalized spacial score (nSPS) is 13.8. The third kappa shape index (κ3) is 2.77. The molecule has 1 aromatic heterocycles. The standard InChI is InChI=1S/C16H20N2/c1-4-17-13(3)12(2)11-14-9-10-18-16-8-6-5-7-15(14)16/h5-11,13,17H,4H2,1-3H3/b12-11+.